The predicted octanol–water partition coefficient (Wildman–Crippen LogP) is 13.3. The molecule has 1 rings (SSSR count). The van der Waals surface area contributed by atoms with Crippen molar-refractivity contribution in [2.24, 2.45) is 5.41 Å². The van der Waals surface area contributed by atoms with E-state index in [1.807, 2.05) is 12.1 Å². The Morgan fingerprint density at radius 2 is 0.854 bits per heavy atom. The Morgan fingerprint density at radius 1 is 0.512 bits per heavy atom. The number of benzene rings is 1. The fourth-order valence-electron chi connectivity index (χ4n) is 6.02. The maximum absolute atomic E-state index is 13.5. The third-order valence-electron chi connectivity index (χ3n) is 9.11. The smallest absolute Gasteiger partial charge is 0.317 e. The van der Waals surface area contributed by atoms with Gasteiger partial charge in [-0.15, -0.1) is 0 Å². The molecular formula is C39H70O2. The van der Waals surface area contributed by atoms with Gasteiger partial charge in [0.25, 0.3) is 0 Å². The minimum Gasteiger partial charge on any atom is -0.426 e. The van der Waals surface area contributed by atoms with E-state index in [1.54, 1.807) is 0 Å². The maximum atomic E-state index is 13.5. The molecule has 0 heterocycles. The average molecular weight is 571 g/mol. The molecule has 1 unspecified atom stereocenters. The highest BCUT2D eigenvalue weighted by Gasteiger charge is 2.34. The summed E-state index contributed by atoms with van der Waals surface area (Å²) in [6.07, 6.45) is 34.9. The number of aryl methyl sites for hydroxylation is 1. The quantitative estimate of drug-likeness (QED) is 0.0544. The Kier molecular flexibility index (Phi) is 24.2. The second kappa shape index (κ2) is 26.3. The Morgan fingerprint density at radius 3 is 1.22 bits per heavy atom. The lowest BCUT2D eigenvalue weighted by molar-refractivity contribution is -0.146. The van der Waals surface area contributed by atoms with Crippen molar-refractivity contribution in [2.75, 3.05) is 0 Å². The normalized spacial score (nSPS) is 12.9. The van der Waals surface area contributed by atoms with Crippen LogP contribution in [0.4, 0.5) is 0 Å². The molecule has 2 nitrogen and oxygen atoms in total. The molecule has 1 aromatic rings. The molecule has 1 aromatic carbocycles. The van der Waals surface area contributed by atoms with Crippen LogP contribution in [0.1, 0.15) is 200 Å². The number of ether oxygens (including phenoxy) is 1. The first-order valence-electron chi connectivity index (χ1n) is 18.4. The highest BCUT2D eigenvalue weighted by atomic mass is 16.5. The Bertz CT molecular complexity index is 709. The largest absolute Gasteiger partial charge is 0.426 e. The molecule has 0 saturated heterocycles. The van der Waals surface area contributed by atoms with Crippen LogP contribution in [0.25, 0.3) is 0 Å². The summed E-state index contributed by atoms with van der Waals surface area (Å²) in [6.45, 7) is 8.97. The van der Waals surface area contributed by atoms with Crippen LogP contribution in [0.2, 0.25) is 0 Å². The zero-order valence-electron chi connectivity index (χ0n) is 28.2. The van der Waals surface area contributed by atoms with Crippen molar-refractivity contribution in [3.8, 4) is 5.75 Å². The van der Waals surface area contributed by atoms with E-state index < -0.39 is 0 Å². The van der Waals surface area contributed by atoms with E-state index in [1.165, 1.54) is 147 Å². The summed E-state index contributed by atoms with van der Waals surface area (Å²) >= 11 is 0. The highest BCUT2D eigenvalue weighted by Crippen LogP contribution is 2.34. The van der Waals surface area contributed by atoms with Crippen LogP contribution in [0.3, 0.4) is 0 Å². The van der Waals surface area contributed by atoms with Crippen molar-refractivity contribution in [3.05, 3.63) is 29.8 Å². The zero-order chi connectivity index (χ0) is 29.9. The molecule has 0 radical (unpaired) electrons. The molecule has 0 saturated carbocycles. The van der Waals surface area contributed by atoms with Gasteiger partial charge in [0.05, 0.1) is 5.41 Å². The van der Waals surface area contributed by atoms with Crippen LogP contribution >= 0.6 is 0 Å². The topological polar surface area (TPSA) is 26.3 Å². The molecule has 0 aliphatic heterocycles. The number of hydrogen-bond donors (Lipinski definition) is 0. The van der Waals surface area contributed by atoms with Gasteiger partial charge in [-0.25, -0.2) is 0 Å². The molecule has 238 valence electrons. The fourth-order valence-corrected chi connectivity index (χ4v) is 6.02. The van der Waals surface area contributed by atoms with Gasteiger partial charge in [-0.3, -0.25) is 4.79 Å². The molecule has 1 atom stereocenters. The summed E-state index contributed by atoms with van der Waals surface area (Å²) in [5, 5.41) is 0. The monoisotopic (exact) mass is 571 g/mol. The minimum absolute atomic E-state index is 0.0159. The molecule has 0 amide bonds. The lowest BCUT2D eigenvalue weighted by Crippen LogP contribution is -2.32. The van der Waals surface area contributed by atoms with Crippen LogP contribution in [0.15, 0.2) is 24.3 Å². The molecule has 0 spiro atoms. The van der Waals surface area contributed by atoms with Gasteiger partial charge in [0.1, 0.15) is 5.75 Å². The van der Waals surface area contributed by atoms with Crippen molar-refractivity contribution in [1.29, 1.82) is 0 Å². The number of rotatable bonds is 29. The highest BCUT2D eigenvalue weighted by molar-refractivity contribution is 5.78. The van der Waals surface area contributed by atoms with Crippen molar-refractivity contribution < 1.29 is 9.53 Å². The molecule has 0 aromatic heterocycles. The first-order valence-corrected chi connectivity index (χ1v) is 18.4. The van der Waals surface area contributed by atoms with Gasteiger partial charge in [0.2, 0.25) is 0 Å². The first-order chi connectivity index (χ1) is 20.1. The molecule has 41 heavy (non-hydrogen) atoms. The number of carbonyl (C=O) groups is 1. The molecule has 2 heteroatoms. The van der Waals surface area contributed by atoms with Crippen molar-refractivity contribution >= 4 is 5.97 Å². The molecule has 0 aliphatic rings. The summed E-state index contributed by atoms with van der Waals surface area (Å²) < 4.78 is 6.00. The predicted molar refractivity (Wildman–Crippen MR) is 181 cm³/mol. The van der Waals surface area contributed by atoms with E-state index in [9.17, 15) is 4.79 Å². The van der Waals surface area contributed by atoms with Gasteiger partial charge in [-0.2, -0.15) is 0 Å². The summed E-state index contributed by atoms with van der Waals surface area (Å²) in [6, 6.07) is 8.24. The molecule has 0 fully saturated rings. The fraction of sp³-hybridized carbons (Fsp3) is 0.821. The van der Waals surface area contributed by atoms with Crippen LogP contribution in [0, 0.1) is 5.41 Å². The molecular weight excluding hydrogens is 500 g/mol. The van der Waals surface area contributed by atoms with E-state index in [0.717, 1.165) is 32.1 Å². The van der Waals surface area contributed by atoms with Gasteiger partial charge in [0, 0.05) is 0 Å². The molecule has 0 aliphatic carbocycles. The van der Waals surface area contributed by atoms with Gasteiger partial charge in [0.15, 0.2) is 0 Å². The van der Waals surface area contributed by atoms with E-state index in [2.05, 4.69) is 39.8 Å². The van der Waals surface area contributed by atoms with Gasteiger partial charge in [-0.05, 0) is 50.3 Å². The summed E-state index contributed by atoms with van der Waals surface area (Å²) in [5.74, 6) is 0.692. The van der Waals surface area contributed by atoms with Gasteiger partial charge in [-0.1, -0.05) is 181 Å². The van der Waals surface area contributed by atoms with Crippen LogP contribution < -0.4 is 4.74 Å². The van der Waals surface area contributed by atoms with Crippen LogP contribution in [-0.4, -0.2) is 5.97 Å². The third kappa shape index (κ3) is 20.3. The second-order valence-corrected chi connectivity index (χ2v) is 13.3. The SMILES string of the molecule is CCCCCCCCCCCCCCC(C)(CCCCCCCCCCCC)C(=O)Oc1ccc(CCCC)cc1. The number of esters is 1. The van der Waals surface area contributed by atoms with Crippen molar-refractivity contribution in [3.63, 3.8) is 0 Å². The number of hydrogen-bond acceptors (Lipinski definition) is 2. The molecule has 0 bridgehead atoms. The second-order valence-electron chi connectivity index (χ2n) is 13.3. The minimum atomic E-state index is -0.375. The Hall–Kier alpha value is -1.31. The van der Waals surface area contributed by atoms with Crippen molar-refractivity contribution in [2.45, 2.75) is 201 Å². The summed E-state index contributed by atoms with van der Waals surface area (Å²) in [5.41, 5.74) is 0.954. The van der Waals surface area contributed by atoms with Crippen molar-refractivity contribution in [1.82, 2.24) is 0 Å². The Balaban J connectivity index is 2.43. The van der Waals surface area contributed by atoms with Crippen LogP contribution in [-0.2, 0) is 11.2 Å². The third-order valence-corrected chi connectivity index (χ3v) is 9.11. The van der Waals surface area contributed by atoms with E-state index in [0.29, 0.717) is 5.75 Å². The lowest BCUT2D eigenvalue weighted by atomic mass is 9.79. The van der Waals surface area contributed by atoms with E-state index in [-0.39, 0.29) is 11.4 Å². The number of carbonyl (C=O) groups excluding carboxylic acids is 1. The average Bonchev–Trinajstić information content (AvgIpc) is 2.98. The zero-order valence-corrected chi connectivity index (χ0v) is 28.2. The molecule has 0 N–H and O–H groups in total. The van der Waals surface area contributed by atoms with E-state index >= 15 is 0 Å². The standard InChI is InChI=1S/C39H70O2/c1-5-8-11-13-15-17-19-20-22-24-26-28-35-39(4,34-27-25-23-21-18-16-14-12-9-6-2)38(40)41-37-32-30-36(31-33-37)29-10-7-3/h30-33H,5-29,34-35H2,1-4H3. The maximum Gasteiger partial charge on any atom is 0.317 e. The van der Waals surface area contributed by atoms with Gasteiger partial charge >= 0.3 is 5.97 Å². The lowest BCUT2D eigenvalue weighted by Gasteiger charge is -2.27. The first kappa shape index (κ1) is 37.7. The van der Waals surface area contributed by atoms with E-state index in [4.69, 9.17) is 4.74 Å². The summed E-state index contributed by atoms with van der Waals surface area (Å²) in [4.78, 5) is 13.5. The van der Waals surface area contributed by atoms with Crippen LogP contribution in [0.5, 0.6) is 5.75 Å². The van der Waals surface area contributed by atoms with Gasteiger partial charge < -0.3 is 4.74 Å². The summed E-state index contributed by atoms with van der Waals surface area (Å²) in [7, 11) is 0. The Labute approximate surface area is 257 Å². The number of unbranched alkanes of at least 4 members (excludes halogenated alkanes) is 21.